The summed E-state index contributed by atoms with van der Waals surface area (Å²) in [6.45, 7) is 8.33. The lowest BCUT2D eigenvalue weighted by Gasteiger charge is -2.39. The van der Waals surface area contributed by atoms with Gasteiger partial charge in [0.05, 0.1) is 12.2 Å². The van der Waals surface area contributed by atoms with E-state index in [2.05, 4.69) is 27.7 Å². The Labute approximate surface area is 88.0 Å². The third-order valence-electron chi connectivity index (χ3n) is 2.52. The minimum atomic E-state index is -0.277. The highest BCUT2D eigenvalue weighted by Crippen LogP contribution is 2.34. The van der Waals surface area contributed by atoms with Crippen LogP contribution in [0.15, 0.2) is 0 Å². The summed E-state index contributed by atoms with van der Waals surface area (Å²) in [5.41, 5.74) is 0. The van der Waals surface area contributed by atoms with Gasteiger partial charge in [0.2, 0.25) is 0 Å². The van der Waals surface area contributed by atoms with Gasteiger partial charge in [-0.25, -0.2) is 0 Å². The van der Waals surface area contributed by atoms with Gasteiger partial charge in [-0.2, -0.15) is 0 Å². The third kappa shape index (κ3) is 3.58. The van der Waals surface area contributed by atoms with E-state index in [-0.39, 0.29) is 18.0 Å². The van der Waals surface area contributed by atoms with Gasteiger partial charge in [0.15, 0.2) is 5.79 Å². The van der Waals surface area contributed by atoms with Crippen molar-refractivity contribution in [3.05, 3.63) is 0 Å². The van der Waals surface area contributed by atoms with E-state index in [0.29, 0.717) is 0 Å². The Morgan fingerprint density at radius 2 is 1.21 bits per heavy atom. The van der Waals surface area contributed by atoms with E-state index >= 15 is 0 Å². The molecule has 1 saturated carbocycles. The first-order chi connectivity index (χ1) is 6.54. The topological polar surface area (TPSA) is 18.5 Å². The Hall–Kier alpha value is -0.0800. The first kappa shape index (κ1) is 12.0. The second kappa shape index (κ2) is 5.13. The van der Waals surface area contributed by atoms with Crippen LogP contribution in [0.1, 0.15) is 59.8 Å². The molecule has 0 heterocycles. The molecule has 0 aromatic rings. The zero-order chi connectivity index (χ0) is 10.6. The fraction of sp³-hybridized carbons (Fsp3) is 1.00. The molecule has 1 aliphatic rings. The second-order valence-corrected chi connectivity index (χ2v) is 4.80. The van der Waals surface area contributed by atoms with E-state index in [9.17, 15) is 0 Å². The molecular formula is C12H24O2. The molecule has 1 fully saturated rings. The Morgan fingerprint density at radius 1 is 0.786 bits per heavy atom. The molecule has 2 nitrogen and oxygen atoms in total. The van der Waals surface area contributed by atoms with Crippen LogP contribution in [0.4, 0.5) is 0 Å². The quantitative estimate of drug-likeness (QED) is 0.647. The summed E-state index contributed by atoms with van der Waals surface area (Å²) in [5, 5.41) is 0. The van der Waals surface area contributed by atoms with Crippen molar-refractivity contribution in [2.75, 3.05) is 0 Å². The van der Waals surface area contributed by atoms with Crippen molar-refractivity contribution in [2.45, 2.75) is 77.8 Å². The highest BCUT2D eigenvalue weighted by Gasteiger charge is 2.35. The SMILES string of the molecule is CC(C)OC1(OC(C)C)CCCCC1. The van der Waals surface area contributed by atoms with Gasteiger partial charge >= 0.3 is 0 Å². The highest BCUT2D eigenvalue weighted by molar-refractivity contribution is 4.77. The molecule has 0 aliphatic heterocycles. The predicted octanol–water partition coefficient (Wildman–Crippen LogP) is 3.50. The lowest BCUT2D eigenvalue weighted by atomic mass is 9.93. The maximum absolute atomic E-state index is 5.97. The molecule has 0 unspecified atom stereocenters. The lowest BCUT2D eigenvalue weighted by Crippen LogP contribution is -2.42. The summed E-state index contributed by atoms with van der Waals surface area (Å²) >= 11 is 0. The number of rotatable bonds is 4. The average molecular weight is 200 g/mol. The first-order valence-corrected chi connectivity index (χ1v) is 5.90. The van der Waals surface area contributed by atoms with Crippen molar-refractivity contribution in [1.29, 1.82) is 0 Å². The van der Waals surface area contributed by atoms with E-state index in [0.717, 1.165) is 12.8 Å². The van der Waals surface area contributed by atoms with Gasteiger partial charge in [-0.3, -0.25) is 0 Å². The standard InChI is InChI=1S/C12H24O2/c1-10(2)13-12(14-11(3)4)8-6-5-7-9-12/h10-11H,5-9H2,1-4H3. The number of hydrogen-bond donors (Lipinski definition) is 0. The zero-order valence-electron chi connectivity index (χ0n) is 10.0. The van der Waals surface area contributed by atoms with E-state index in [4.69, 9.17) is 9.47 Å². The third-order valence-corrected chi connectivity index (χ3v) is 2.52. The van der Waals surface area contributed by atoms with E-state index in [1.54, 1.807) is 0 Å². The van der Waals surface area contributed by atoms with Crippen LogP contribution >= 0.6 is 0 Å². The molecule has 1 aliphatic carbocycles. The van der Waals surface area contributed by atoms with Crippen molar-refractivity contribution in [2.24, 2.45) is 0 Å². The molecular weight excluding hydrogens is 176 g/mol. The summed E-state index contributed by atoms with van der Waals surface area (Å²) in [5.74, 6) is -0.277. The van der Waals surface area contributed by atoms with E-state index < -0.39 is 0 Å². The van der Waals surface area contributed by atoms with Gasteiger partial charge < -0.3 is 9.47 Å². The van der Waals surface area contributed by atoms with Crippen LogP contribution in [-0.2, 0) is 9.47 Å². The maximum Gasteiger partial charge on any atom is 0.168 e. The first-order valence-electron chi connectivity index (χ1n) is 5.90. The largest absolute Gasteiger partial charge is 0.347 e. The summed E-state index contributed by atoms with van der Waals surface area (Å²) < 4.78 is 11.9. The molecule has 0 bridgehead atoms. The smallest absolute Gasteiger partial charge is 0.168 e. The van der Waals surface area contributed by atoms with Crippen LogP contribution in [0, 0.1) is 0 Å². The Kier molecular flexibility index (Phi) is 4.39. The van der Waals surface area contributed by atoms with Crippen molar-refractivity contribution >= 4 is 0 Å². The lowest BCUT2D eigenvalue weighted by molar-refractivity contribution is -0.281. The van der Waals surface area contributed by atoms with Crippen molar-refractivity contribution in [3.63, 3.8) is 0 Å². The normalized spacial score (nSPS) is 21.9. The maximum atomic E-state index is 5.97. The fourth-order valence-electron chi connectivity index (χ4n) is 2.21. The van der Waals surface area contributed by atoms with Crippen LogP contribution in [0.3, 0.4) is 0 Å². The minimum Gasteiger partial charge on any atom is -0.347 e. The monoisotopic (exact) mass is 200 g/mol. The highest BCUT2D eigenvalue weighted by atomic mass is 16.7. The number of ether oxygens (including phenoxy) is 2. The Morgan fingerprint density at radius 3 is 1.57 bits per heavy atom. The predicted molar refractivity (Wildman–Crippen MR) is 58.3 cm³/mol. The van der Waals surface area contributed by atoms with Gasteiger partial charge in [0.1, 0.15) is 0 Å². The van der Waals surface area contributed by atoms with Crippen molar-refractivity contribution in [1.82, 2.24) is 0 Å². The summed E-state index contributed by atoms with van der Waals surface area (Å²) in [6.07, 6.45) is 6.43. The molecule has 2 heteroatoms. The van der Waals surface area contributed by atoms with Crippen LogP contribution in [0.2, 0.25) is 0 Å². The number of hydrogen-bond acceptors (Lipinski definition) is 2. The van der Waals surface area contributed by atoms with E-state index in [1.807, 2.05) is 0 Å². The summed E-state index contributed by atoms with van der Waals surface area (Å²) in [6, 6.07) is 0. The van der Waals surface area contributed by atoms with Crippen LogP contribution in [0.25, 0.3) is 0 Å². The molecule has 0 spiro atoms. The molecule has 0 N–H and O–H groups in total. The molecule has 0 aromatic heterocycles. The van der Waals surface area contributed by atoms with Gasteiger partial charge in [-0.15, -0.1) is 0 Å². The molecule has 1 rings (SSSR count). The van der Waals surface area contributed by atoms with Crippen LogP contribution in [0.5, 0.6) is 0 Å². The molecule has 84 valence electrons. The van der Waals surface area contributed by atoms with Crippen molar-refractivity contribution in [3.8, 4) is 0 Å². The minimum absolute atomic E-state index is 0.256. The van der Waals surface area contributed by atoms with Crippen LogP contribution < -0.4 is 0 Å². The average Bonchev–Trinajstić information content (AvgIpc) is 2.01. The summed E-state index contributed by atoms with van der Waals surface area (Å²) in [4.78, 5) is 0. The Bertz CT molecular complexity index is 146. The molecule has 0 saturated heterocycles. The molecule has 0 radical (unpaired) electrons. The second-order valence-electron chi connectivity index (χ2n) is 4.80. The Balaban J connectivity index is 2.57. The molecule has 14 heavy (non-hydrogen) atoms. The van der Waals surface area contributed by atoms with Crippen molar-refractivity contribution < 1.29 is 9.47 Å². The molecule has 0 atom stereocenters. The van der Waals surface area contributed by atoms with E-state index in [1.165, 1.54) is 19.3 Å². The zero-order valence-corrected chi connectivity index (χ0v) is 10.0. The summed E-state index contributed by atoms with van der Waals surface area (Å²) in [7, 11) is 0. The van der Waals surface area contributed by atoms with Gasteiger partial charge in [-0.1, -0.05) is 6.42 Å². The van der Waals surface area contributed by atoms with Gasteiger partial charge in [-0.05, 0) is 40.5 Å². The van der Waals surface area contributed by atoms with Gasteiger partial charge in [0.25, 0.3) is 0 Å². The molecule has 0 aromatic carbocycles. The molecule has 0 amide bonds. The fourth-order valence-corrected chi connectivity index (χ4v) is 2.21. The van der Waals surface area contributed by atoms with Crippen LogP contribution in [-0.4, -0.2) is 18.0 Å². The van der Waals surface area contributed by atoms with Gasteiger partial charge in [0, 0.05) is 12.8 Å².